The number of halogens is 2. The highest BCUT2D eigenvalue weighted by molar-refractivity contribution is 14.1. The second kappa shape index (κ2) is 2.40. The molecule has 0 aliphatic heterocycles. The highest BCUT2D eigenvalue weighted by Crippen LogP contribution is 2.17. The van der Waals surface area contributed by atoms with Gasteiger partial charge in [-0.25, -0.2) is 0 Å². The van der Waals surface area contributed by atoms with Crippen LogP contribution < -0.4 is 0 Å². The van der Waals surface area contributed by atoms with Crippen LogP contribution in [0.5, 0.6) is 0 Å². The lowest BCUT2D eigenvalue weighted by Gasteiger charge is -1.91. The monoisotopic (exact) mass is 263 g/mol. The number of nitrogens with one attached hydrogen (secondary N) is 1. The van der Waals surface area contributed by atoms with Crippen LogP contribution in [0, 0.1) is 9.65 Å². The second-order valence-corrected chi connectivity index (χ2v) is 3.07. The Balaban J connectivity index is 2.96. The summed E-state index contributed by atoms with van der Waals surface area (Å²) in [5.41, 5.74) is 0.421. The lowest BCUT2D eigenvalue weighted by atomic mass is 10.4. The molecule has 0 saturated heterocycles. The van der Waals surface area contributed by atoms with E-state index in [9.17, 15) is 4.39 Å². The maximum atomic E-state index is 12.8. The summed E-state index contributed by atoms with van der Waals surface area (Å²) >= 11 is 2.01. The maximum Gasteiger partial charge on any atom is 0.257 e. The second-order valence-electron chi connectivity index (χ2n) is 2.05. The molecule has 56 valence electrons. The molecule has 0 bridgehead atoms. The number of H-pyrrole nitrogens is 1. The predicted octanol–water partition coefficient (Wildman–Crippen LogP) is 1.70. The normalized spacial score (nSPS) is 10.7. The quantitative estimate of drug-likeness (QED) is 0.735. The number of fused-ring (bicyclic) bond motifs is 1. The highest BCUT2D eigenvalue weighted by Gasteiger charge is 2.06. The van der Waals surface area contributed by atoms with E-state index in [-0.39, 0.29) is 0 Å². The van der Waals surface area contributed by atoms with E-state index in [1.807, 2.05) is 22.6 Å². The molecule has 0 atom stereocenters. The minimum Gasteiger partial charge on any atom is -0.357 e. The summed E-state index contributed by atoms with van der Waals surface area (Å²) < 4.78 is 13.5. The maximum absolute atomic E-state index is 12.8. The van der Waals surface area contributed by atoms with Crippen LogP contribution in [0.25, 0.3) is 10.9 Å². The summed E-state index contributed by atoms with van der Waals surface area (Å²) in [7, 11) is 0. The molecule has 1 N–H and O–H groups in total. The lowest BCUT2D eigenvalue weighted by Crippen LogP contribution is -1.91. The number of hydrogen-bond donors (Lipinski definition) is 1. The molecule has 0 amide bonds. The average Bonchev–Trinajstić information content (AvgIpc) is 2.45. The van der Waals surface area contributed by atoms with Crippen LogP contribution >= 0.6 is 22.6 Å². The molecule has 0 unspecified atom stereocenters. The third-order valence-corrected chi connectivity index (χ3v) is 2.20. The molecule has 0 aliphatic carbocycles. The van der Waals surface area contributed by atoms with Crippen LogP contribution in [0.1, 0.15) is 0 Å². The summed E-state index contributed by atoms with van der Waals surface area (Å²) in [6.07, 6.45) is 1.67. The van der Waals surface area contributed by atoms with E-state index in [1.54, 1.807) is 12.3 Å². The van der Waals surface area contributed by atoms with Crippen molar-refractivity contribution in [3.8, 4) is 0 Å². The molecule has 0 spiro atoms. The van der Waals surface area contributed by atoms with Gasteiger partial charge in [-0.15, -0.1) is 10.2 Å². The van der Waals surface area contributed by atoms with Crippen LogP contribution in [-0.4, -0.2) is 15.2 Å². The van der Waals surface area contributed by atoms with Gasteiger partial charge in [-0.1, -0.05) is 0 Å². The van der Waals surface area contributed by atoms with Crippen molar-refractivity contribution in [2.45, 2.75) is 0 Å². The van der Waals surface area contributed by atoms with Crippen LogP contribution in [0.3, 0.4) is 0 Å². The Morgan fingerprint density at radius 2 is 2.27 bits per heavy atom. The smallest absolute Gasteiger partial charge is 0.257 e. The van der Waals surface area contributed by atoms with E-state index >= 15 is 0 Å². The number of rotatable bonds is 0. The molecule has 0 radical (unpaired) electrons. The van der Waals surface area contributed by atoms with Crippen LogP contribution in [0.4, 0.5) is 4.39 Å². The van der Waals surface area contributed by atoms with E-state index < -0.39 is 5.95 Å². The van der Waals surface area contributed by atoms with Crippen molar-refractivity contribution in [1.29, 1.82) is 0 Å². The molecular weight excluding hydrogens is 260 g/mol. The van der Waals surface area contributed by atoms with E-state index in [0.29, 0.717) is 9.22 Å². The average molecular weight is 263 g/mol. The van der Waals surface area contributed by atoms with E-state index in [0.717, 1.165) is 5.39 Å². The molecule has 0 saturated carbocycles. The zero-order chi connectivity index (χ0) is 7.84. The molecule has 2 aromatic rings. The third kappa shape index (κ3) is 0.991. The standard InChI is InChI=1S/C6H3FIN3/c7-5-4-3(1-2-9-4)6(8)11-10-5/h1-2,9H. The Hall–Kier alpha value is -0.720. The van der Waals surface area contributed by atoms with Gasteiger partial charge in [0.05, 0.1) is 0 Å². The van der Waals surface area contributed by atoms with Gasteiger partial charge in [-0.2, -0.15) is 4.39 Å². The van der Waals surface area contributed by atoms with Gasteiger partial charge in [0.15, 0.2) is 0 Å². The number of nitrogens with zero attached hydrogens (tertiary/aromatic N) is 2. The van der Waals surface area contributed by atoms with Gasteiger partial charge in [0, 0.05) is 11.6 Å². The van der Waals surface area contributed by atoms with E-state index in [1.165, 1.54) is 0 Å². The topological polar surface area (TPSA) is 41.6 Å². The summed E-state index contributed by atoms with van der Waals surface area (Å²) in [5.74, 6) is -0.551. The number of hydrogen-bond acceptors (Lipinski definition) is 2. The summed E-state index contributed by atoms with van der Waals surface area (Å²) in [4.78, 5) is 2.75. The van der Waals surface area contributed by atoms with Crippen LogP contribution in [0.2, 0.25) is 0 Å². The molecule has 0 aromatic carbocycles. The van der Waals surface area contributed by atoms with Gasteiger partial charge < -0.3 is 4.98 Å². The van der Waals surface area contributed by atoms with Crippen LogP contribution in [0.15, 0.2) is 12.3 Å². The molecule has 0 fully saturated rings. The molecule has 11 heavy (non-hydrogen) atoms. The molecule has 5 heteroatoms. The van der Waals surface area contributed by atoms with Gasteiger partial charge in [-0.05, 0) is 28.7 Å². The first-order valence-corrected chi connectivity index (χ1v) is 4.01. The fourth-order valence-electron chi connectivity index (χ4n) is 0.904. The van der Waals surface area contributed by atoms with E-state index in [2.05, 4.69) is 15.2 Å². The number of aromatic nitrogens is 3. The Kier molecular flexibility index (Phi) is 1.52. The number of aromatic amines is 1. The van der Waals surface area contributed by atoms with Gasteiger partial charge >= 0.3 is 0 Å². The first kappa shape index (κ1) is 6.96. The molecule has 2 aromatic heterocycles. The van der Waals surface area contributed by atoms with Crippen molar-refractivity contribution in [2.75, 3.05) is 0 Å². The van der Waals surface area contributed by atoms with Gasteiger partial charge in [0.25, 0.3) is 5.95 Å². The first-order valence-electron chi connectivity index (χ1n) is 2.94. The SMILES string of the molecule is Fc1nnc(I)c2cc[nH]c12. The van der Waals surface area contributed by atoms with E-state index in [4.69, 9.17) is 0 Å². The van der Waals surface area contributed by atoms with Crippen molar-refractivity contribution < 1.29 is 4.39 Å². The van der Waals surface area contributed by atoms with Crippen molar-refractivity contribution >= 4 is 33.5 Å². The van der Waals surface area contributed by atoms with Gasteiger partial charge in [0.1, 0.15) is 9.22 Å². The zero-order valence-electron chi connectivity index (χ0n) is 5.31. The molecular formula is C6H3FIN3. The fourth-order valence-corrected chi connectivity index (χ4v) is 1.46. The largest absolute Gasteiger partial charge is 0.357 e. The molecule has 2 heterocycles. The van der Waals surface area contributed by atoms with Crippen molar-refractivity contribution in [3.63, 3.8) is 0 Å². The van der Waals surface area contributed by atoms with Crippen molar-refractivity contribution in [1.82, 2.24) is 15.2 Å². The summed E-state index contributed by atoms with van der Waals surface area (Å²) in [6, 6.07) is 1.77. The Labute approximate surface area is 75.2 Å². The minimum absolute atomic E-state index is 0.421. The Morgan fingerprint density at radius 1 is 1.45 bits per heavy atom. The Morgan fingerprint density at radius 3 is 3.00 bits per heavy atom. The lowest BCUT2D eigenvalue weighted by molar-refractivity contribution is 0.573. The van der Waals surface area contributed by atoms with Gasteiger partial charge in [0.2, 0.25) is 0 Å². The van der Waals surface area contributed by atoms with Crippen LogP contribution in [-0.2, 0) is 0 Å². The first-order chi connectivity index (χ1) is 5.29. The predicted molar refractivity (Wildman–Crippen MR) is 46.6 cm³/mol. The van der Waals surface area contributed by atoms with Crippen molar-refractivity contribution in [3.05, 3.63) is 21.9 Å². The molecule has 3 nitrogen and oxygen atoms in total. The summed E-state index contributed by atoms with van der Waals surface area (Å²) in [5, 5.41) is 7.72. The molecule has 0 aliphatic rings. The third-order valence-electron chi connectivity index (χ3n) is 1.40. The van der Waals surface area contributed by atoms with Gasteiger partial charge in [-0.3, -0.25) is 0 Å². The Bertz CT molecular complexity index is 362. The minimum atomic E-state index is -0.551. The molecule has 2 rings (SSSR count). The fraction of sp³-hybridized carbons (Fsp3) is 0. The van der Waals surface area contributed by atoms with Crippen molar-refractivity contribution in [2.24, 2.45) is 0 Å². The summed E-state index contributed by atoms with van der Waals surface area (Å²) in [6.45, 7) is 0. The highest BCUT2D eigenvalue weighted by atomic mass is 127. The zero-order valence-corrected chi connectivity index (χ0v) is 7.46.